The van der Waals surface area contributed by atoms with Gasteiger partial charge in [0.1, 0.15) is 0 Å². The van der Waals surface area contributed by atoms with Gasteiger partial charge in [-0.3, -0.25) is 0 Å². The fourth-order valence-electron chi connectivity index (χ4n) is 7.48. The minimum Gasteiger partial charge on any atom is -0.356 e. The van der Waals surface area contributed by atoms with Gasteiger partial charge < -0.3 is 5.32 Å². The zero-order valence-corrected chi connectivity index (χ0v) is 24.7. The highest BCUT2D eigenvalue weighted by molar-refractivity contribution is 6.03. The molecule has 0 radical (unpaired) electrons. The summed E-state index contributed by atoms with van der Waals surface area (Å²) in [5.41, 5.74) is 13.8. The van der Waals surface area contributed by atoms with E-state index in [9.17, 15) is 0 Å². The van der Waals surface area contributed by atoms with E-state index in [0.717, 1.165) is 11.4 Å². The van der Waals surface area contributed by atoms with Crippen LogP contribution in [-0.2, 0) is 16.2 Å². The van der Waals surface area contributed by atoms with Gasteiger partial charge in [0.05, 0.1) is 0 Å². The molecule has 7 rings (SSSR count). The van der Waals surface area contributed by atoms with E-state index in [-0.39, 0.29) is 16.2 Å². The molecule has 2 aliphatic rings. The van der Waals surface area contributed by atoms with Gasteiger partial charge in [-0.05, 0) is 103 Å². The van der Waals surface area contributed by atoms with E-state index in [0.29, 0.717) is 0 Å². The lowest BCUT2D eigenvalue weighted by atomic mass is 9.61. The van der Waals surface area contributed by atoms with Crippen molar-refractivity contribution >= 4 is 22.1 Å². The number of rotatable bonds is 3. The van der Waals surface area contributed by atoms with Crippen LogP contribution in [0.25, 0.3) is 33.0 Å². The molecule has 5 aromatic carbocycles. The second kappa shape index (κ2) is 8.58. The number of benzene rings is 5. The van der Waals surface area contributed by atoms with E-state index in [1.165, 1.54) is 68.1 Å². The van der Waals surface area contributed by atoms with Gasteiger partial charge in [0.25, 0.3) is 0 Å². The number of anilines is 2. The molecular weight excluding hydrogens is 482 g/mol. The summed E-state index contributed by atoms with van der Waals surface area (Å²) >= 11 is 0. The number of hydrogen-bond donors (Lipinski definition) is 1. The van der Waals surface area contributed by atoms with Gasteiger partial charge in [-0.15, -0.1) is 0 Å². The van der Waals surface area contributed by atoms with Crippen molar-refractivity contribution in [2.75, 3.05) is 5.32 Å². The molecule has 1 N–H and O–H groups in total. The van der Waals surface area contributed by atoms with Crippen molar-refractivity contribution in [1.29, 1.82) is 0 Å². The normalized spacial score (nSPS) is 17.6. The van der Waals surface area contributed by atoms with Crippen LogP contribution in [-0.4, -0.2) is 0 Å². The van der Waals surface area contributed by atoms with E-state index in [2.05, 4.69) is 144 Å². The molecule has 0 heterocycles. The zero-order chi connectivity index (χ0) is 27.9. The summed E-state index contributed by atoms with van der Waals surface area (Å²) in [7, 11) is 0. The average molecular weight is 522 g/mol. The monoisotopic (exact) mass is 521 g/mol. The van der Waals surface area contributed by atoms with Gasteiger partial charge in [0, 0.05) is 16.8 Å². The first-order valence-corrected chi connectivity index (χ1v) is 14.7. The maximum absolute atomic E-state index is 3.71. The van der Waals surface area contributed by atoms with E-state index < -0.39 is 0 Å². The molecule has 40 heavy (non-hydrogen) atoms. The van der Waals surface area contributed by atoms with Crippen molar-refractivity contribution in [3.05, 3.63) is 119 Å². The Kier molecular flexibility index (Phi) is 5.39. The molecule has 0 bridgehead atoms. The minimum absolute atomic E-state index is 0.0717. The third kappa shape index (κ3) is 3.74. The van der Waals surface area contributed by atoms with Crippen molar-refractivity contribution in [2.24, 2.45) is 0 Å². The Labute approximate surface area is 239 Å². The summed E-state index contributed by atoms with van der Waals surface area (Å²) < 4.78 is 0. The molecule has 0 aromatic heterocycles. The Morgan fingerprint density at radius 3 is 1.93 bits per heavy atom. The highest BCUT2D eigenvalue weighted by Gasteiger charge is 2.38. The largest absolute Gasteiger partial charge is 0.356 e. The van der Waals surface area contributed by atoms with Gasteiger partial charge in [-0.25, -0.2) is 0 Å². The zero-order valence-electron chi connectivity index (χ0n) is 24.7. The Balaban J connectivity index is 1.23. The van der Waals surface area contributed by atoms with Crippen molar-refractivity contribution in [1.82, 2.24) is 0 Å². The highest BCUT2D eigenvalue weighted by atomic mass is 14.9. The number of fused-ring (bicyclic) bond motifs is 3. The second-order valence-electron chi connectivity index (χ2n) is 13.8. The van der Waals surface area contributed by atoms with Gasteiger partial charge in [0.2, 0.25) is 0 Å². The first-order valence-electron chi connectivity index (χ1n) is 14.7. The van der Waals surface area contributed by atoms with E-state index >= 15 is 0 Å². The number of hydrogen-bond acceptors (Lipinski definition) is 1. The third-order valence-corrected chi connectivity index (χ3v) is 9.89. The summed E-state index contributed by atoms with van der Waals surface area (Å²) in [5.74, 6) is 0. The average Bonchev–Trinajstić information content (AvgIpc) is 2.94. The minimum atomic E-state index is -0.0717. The van der Waals surface area contributed by atoms with E-state index in [4.69, 9.17) is 0 Å². The topological polar surface area (TPSA) is 12.0 Å². The van der Waals surface area contributed by atoms with Gasteiger partial charge >= 0.3 is 0 Å². The predicted octanol–water partition coefficient (Wildman–Crippen LogP) is 10.9. The molecule has 1 nitrogen and oxygen atoms in total. The van der Waals surface area contributed by atoms with Crippen LogP contribution in [0.3, 0.4) is 0 Å². The summed E-state index contributed by atoms with van der Waals surface area (Å²) in [6, 6.07) is 36.3. The molecule has 2 aliphatic carbocycles. The van der Waals surface area contributed by atoms with Crippen molar-refractivity contribution in [2.45, 2.75) is 70.6 Å². The first-order chi connectivity index (χ1) is 19.1. The lowest BCUT2D eigenvalue weighted by Crippen LogP contribution is -2.34. The van der Waals surface area contributed by atoms with Crippen LogP contribution in [0.5, 0.6) is 0 Å². The van der Waals surface area contributed by atoms with Gasteiger partial charge in [-0.2, -0.15) is 0 Å². The molecule has 0 unspecified atom stereocenters. The molecule has 200 valence electrons. The van der Waals surface area contributed by atoms with Crippen LogP contribution in [0.1, 0.15) is 76.6 Å². The molecule has 1 heteroatoms. The van der Waals surface area contributed by atoms with Crippen molar-refractivity contribution in [3.63, 3.8) is 0 Å². The van der Waals surface area contributed by atoms with Crippen LogP contribution in [0.15, 0.2) is 97.1 Å². The molecular formula is C39H39N. The molecule has 0 saturated carbocycles. The Morgan fingerprint density at radius 2 is 1.15 bits per heavy atom. The fourth-order valence-corrected chi connectivity index (χ4v) is 7.48. The lowest BCUT2D eigenvalue weighted by Gasteiger charge is -2.43. The first kappa shape index (κ1) is 25.1. The van der Waals surface area contributed by atoms with E-state index in [1.54, 1.807) is 0 Å². The van der Waals surface area contributed by atoms with Crippen molar-refractivity contribution < 1.29 is 0 Å². The van der Waals surface area contributed by atoms with Crippen LogP contribution in [0.4, 0.5) is 11.4 Å². The molecule has 0 spiro atoms. The Hall–Kier alpha value is -3.84. The van der Waals surface area contributed by atoms with Crippen LogP contribution >= 0.6 is 0 Å². The maximum Gasteiger partial charge on any atom is 0.0387 e. The summed E-state index contributed by atoms with van der Waals surface area (Å²) in [4.78, 5) is 0. The van der Waals surface area contributed by atoms with Crippen LogP contribution < -0.4 is 5.32 Å². The molecule has 0 atom stereocenters. The Bertz CT molecular complexity index is 1780. The van der Waals surface area contributed by atoms with Crippen LogP contribution in [0, 0.1) is 0 Å². The van der Waals surface area contributed by atoms with Gasteiger partial charge in [0.15, 0.2) is 0 Å². The molecule has 0 saturated heterocycles. The standard InChI is InChI=1S/C39H39N/c1-37(2)22-23-38(3,4)36-29(12-9-15-33(36)37)25-16-18-27(19-17-25)40-28-20-21-30-31-13-7-10-26-11-8-14-32(35(26)31)39(5,6)34(30)24-28/h7-21,24,40H,22-23H2,1-6H3. The molecule has 0 aliphatic heterocycles. The summed E-state index contributed by atoms with van der Waals surface area (Å²) in [5, 5.41) is 6.43. The van der Waals surface area contributed by atoms with Gasteiger partial charge in [-0.1, -0.05) is 114 Å². The van der Waals surface area contributed by atoms with Crippen LogP contribution in [0.2, 0.25) is 0 Å². The third-order valence-electron chi connectivity index (χ3n) is 9.89. The van der Waals surface area contributed by atoms with Crippen molar-refractivity contribution in [3.8, 4) is 22.3 Å². The van der Waals surface area contributed by atoms with E-state index in [1.807, 2.05) is 0 Å². The lowest BCUT2D eigenvalue weighted by molar-refractivity contribution is 0.333. The summed E-state index contributed by atoms with van der Waals surface area (Å²) in [6.07, 6.45) is 2.45. The molecule has 5 aromatic rings. The molecule has 0 amide bonds. The second-order valence-corrected chi connectivity index (χ2v) is 13.8. The predicted molar refractivity (Wildman–Crippen MR) is 172 cm³/mol. The smallest absolute Gasteiger partial charge is 0.0387 e. The SMILES string of the molecule is CC1(C)CCC(C)(C)c2c(-c3ccc(Nc4ccc5c(c4)C(C)(C)c4cccc6cccc-5c46)cc3)cccc21. The Morgan fingerprint density at radius 1 is 0.525 bits per heavy atom. The summed E-state index contributed by atoms with van der Waals surface area (Å²) in [6.45, 7) is 14.3. The highest BCUT2D eigenvalue weighted by Crippen LogP contribution is 2.50. The number of nitrogens with one attached hydrogen (secondary N) is 1. The maximum atomic E-state index is 3.71. The molecule has 0 fully saturated rings. The quantitative estimate of drug-likeness (QED) is 0.249. The fraction of sp³-hybridized carbons (Fsp3) is 0.282.